The van der Waals surface area contributed by atoms with E-state index in [0.29, 0.717) is 22.4 Å². The molecule has 0 aliphatic heterocycles. The van der Waals surface area contributed by atoms with Gasteiger partial charge in [-0.05, 0) is 36.2 Å². The van der Waals surface area contributed by atoms with Gasteiger partial charge in [0, 0.05) is 26.9 Å². The Morgan fingerprint density at radius 3 is 2.84 bits per heavy atom. The first-order chi connectivity index (χ1) is 12.1. The van der Waals surface area contributed by atoms with E-state index >= 15 is 0 Å². The number of urea groups is 1. The largest absolute Gasteiger partial charge is 0.488 e. The molecule has 0 bridgehead atoms. The number of nitrogens with one attached hydrogen (secondary N) is 2. The maximum atomic E-state index is 11.4. The third kappa shape index (κ3) is 6.49. The summed E-state index contributed by atoms with van der Waals surface area (Å²) in [5, 5.41) is 5.04. The van der Waals surface area contributed by atoms with Gasteiger partial charge < -0.3 is 4.74 Å². The van der Waals surface area contributed by atoms with Crippen molar-refractivity contribution in [1.29, 1.82) is 0 Å². The predicted octanol–water partition coefficient (Wildman–Crippen LogP) is 4.87. The van der Waals surface area contributed by atoms with Gasteiger partial charge in [0.25, 0.3) is 0 Å². The summed E-state index contributed by atoms with van der Waals surface area (Å²) < 4.78 is 8.40. The normalized spacial score (nSPS) is 10.7. The monoisotopic (exact) mass is 397 g/mol. The van der Waals surface area contributed by atoms with Gasteiger partial charge in [0.15, 0.2) is 0 Å². The van der Waals surface area contributed by atoms with Crippen LogP contribution < -0.4 is 14.9 Å². The Balaban J connectivity index is 1.99. The molecule has 0 aromatic heterocycles. The summed E-state index contributed by atoms with van der Waals surface area (Å²) in [4.78, 5) is 11.4. The number of halogens is 2. The maximum Gasteiger partial charge on any atom is 0.345 e. The van der Waals surface area contributed by atoms with E-state index in [0.717, 1.165) is 16.9 Å². The SMILES string of the molecule is CCSNC(=O)N/N=C/c1ccccc1OCc1ccc(Cl)cc1Cl. The smallest absolute Gasteiger partial charge is 0.345 e. The van der Waals surface area contributed by atoms with E-state index in [4.69, 9.17) is 27.9 Å². The first-order valence-corrected chi connectivity index (χ1v) is 9.21. The van der Waals surface area contributed by atoms with E-state index in [9.17, 15) is 4.79 Å². The van der Waals surface area contributed by atoms with Crippen LogP contribution in [-0.2, 0) is 6.61 Å². The molecule has 0 atom stereocenters. The van der Waals surface area contributed by atoms with E-state index in [-0.39, 0.29) is 6.03 Å². The number of hydrogen-bond donors (Lipinski definition) is 2. The molecule has 2 N–H and O–H groups in total. The highest BCUT2D eigenvalue weighted by Gasteiger charge is 2.05. The third-order valence-corrected chi connectivity index (χ3v) is 4.20. The number of carbonyl (C=O) groups is 1. The van der Waals surface area contributed by atoms with Gasteiger partial charge in [0.1, 0.15) is 12.4 Å². The minimum absolute atomic E-state index is 0.294. The molecular formula is C17H17Cl2N3O2S. The first-order valence-electron chi connectivity index (χ1n) is 7.46. The average Bonchev–Trinajstić information content (AvgIpc) is 2.60. The summed E-state index contributed by atoms with van der Waals surface area (Å²) in [6.07, 6.45) is 1.52. The van der Waals surface area contributed by atoms with Crippen LogP contribution in [0.2, 0.25) is 10.0 Å². The van der Waals surface area contributed by atoms with Crippen molar-refractivity contribution in [3.8, 4) is 5.75 Å². The minimum Gasteiger partial charge on any atom is -0.488 e. The lowest BCUT2D eigenvalue weighted by atomic mass is 10.2. The van der Waals surface area contributed by atoms with Gasteiger partial charge in [-0.1, -0.05) is 48.3 Å². The van der Waals surface area contributed by atoms with Crippen molar-refractivity contribution in [3.63, 3.8) is 0 Å². The molecule has 132 valence electrons. The van der Waals surface area contributed by atoms with Gasteiger partial charge in [-0.2, -0.15) is 5.10 Å². The molecule has 2 aromatic rings. The molecule has 0 fully saturated rings. The molecule has 0 saturated carbocycles. The van der Waals surface area contributed by atoms with Crippen LogP contribution in [0.3, 0.4) is 0 Å². The van der Waals surface area contributed by atoms with E-state index in [1.165, 1.54) is 18.2 Å². The first kappa shape index (κ1) is 19.4. The van der Waals surface area contributed by atoms with Crippen LogP contribution in [0, 0.1) is 0 Å². The van der Waals surface area contributed by atoms with Crippen molar-refractivity contribution < 1.29 is 9.53 Å². The Hall–Kier alpha value is -1.89. The summed E-state index contributed by atoms with van der Waals surface area (Å²) in [5.74, 6) is 1.41. The quantitative estimate of drug-likeness (QED) is 0.397. The second kappa shape index (κ2) is 10.2. The highest BCUT2D eigenvalue weighted by molar-refractivity contribution is 7.97. The van der Waals surface area contributed by atoms with Gasteiger partial charge in [-0.25, -0.2) is 10.2 Å². The van der Waals surface area contributed by atoms with Crippen LogP contribution in [0.25, 0.3) is 0 Å². The van der Waals surface area contributed by atoms with Crippen molar-refractivity contribution >= 4 is 47.4 Å². The summed E-state index contributed by atoms with van der Waals surface area (Å²) >= 11 is 13.3. The Kier molecular flexibility index (Phi) is 7.91. The number of hydrogen-bond acceptors (Lipinski definition) is 4. The van der Waals surface area contributed by atoms with Crippen LogP contribution >= 0.6 is 35.1 Å². The second-order valence-electron chi connectivity index (χ2n) is 4.80. The number of carbonyl (C=O) groups excluding carboxylic acids is 1. The summed E-state index contributed by atoms with van der Waals surface area (Å²) in [6.45, 7) is 2.23. The number of rotatable bonds is 7. The Morgan fingerprint density at radius 2 is 2.08 bits per heavy atom. The molecule has 0 saturated heterocycles. The van der Waals surface area contributed by atoms with E-state index in [1.54, 1.807) is 12.1 Å². The molecule has 25 heavy (non-hydrogen) atoms. The zero-order chi connectivity index (χ0) is 18.1. The molecular weight excluding hydrogens is 381 g/mol. The van der Waals surface area contributed by atoms with Crippen LogP contribution in [0.5, 0.6) is 5.75 Å². The highest BCUT2D eigenvalue weighted by Crippen LogP contribution is 2.23. The Morgan fingerprint density at radius 1 is 1.28 bits per heavy atom. The maximum absolute atomic E-state index is 11.4. The molecule has 2 rings (SSSR count). The number of hydrazone groups is 1. The van der Waals surface area contributed by atoms with Crippen LogP contribution in [0.4, 0.5) is 4.79 Å². The van der Waals surface area contributed by atoms with Crippen molar-refractivity contribution in [2.75, 3.05) is 5.75 Å². The van der Waals surface area contributed by atoms with Gasteiger partial charge in [-0.3, -0.25) is 4.72 Å². The van der Waals surface area contributed by atoms with Crippen molar-refractivity contribution in [2.24, 2.45) is 5.10 Å². The predicted molar refractivity (Wildman–Crippen MR) is 105 cm³/mol. The number of nitrogens with zero attached hydrogens (tertiary/aromatic N) is 1. The number of para-hydroxylation sites is 1. The lowest BCUT2D eigenvalue weighted by Gasteiger charge is -2.10. The molecule has 5 nitrogen and oxygen atoms in total. The fourth-order valence-corrected chi connectivity index (χ4v) is 2.62. The molecule has 2 amide bonds. The van der Waals surface area contributed by atoms with Crippen molar-refractivity contribution in [2.45, 2.75) is 13.5 Å². The lowest BCUT2D eigenvalue weighted by molar-refractivity contribution is 0.247. The van der Waals surface area contributed by atoms with Gasteiger partial charge in [0.2, 0.25) is 0 Å². The molecule has 8 heteroatoms. The Labute approximate surface area is 160 Å². The van der Waals surface area contributed by atoms with Gasteiger partial charge >= 0.3 is 6.03 Å². The second-order valence-corrected chi connectivity index (χ2v) is 6.71. The summed E-state index contributed by atoms with van der Waals surface area (Å²) in [5.41, 5.74) is 3.95. The zero-order valence-corrected chi connectivity index (χ0v) is 15.8. The van der Waals surface area contributed by atoms with Crippen LogP contribution in [-0.4, -0.2) is 18.0 Å². The fraction of sp³-hybridized carbons (Fsp3) is 0.176. The summed E-state index contributed by atoms with van der Waals surface area (Å²) in [6, 6.07) is 12.2. The third-order valence-electron chi connectivity index (χ3n) is 3.00. The van der Waals surface area contributed by atoms with Crippen molar-refractivity contribution in [3.05, 3.63) is 63.6 Å². The molecule has 0 radical (unpaired) electrons. The molecule has 0 spiro atoms. The lowest BCUT2D eigenvalue weighted by Crippen LogP contribution is -2.27. The fourth-order valence-electron chi connectivity index (χ4n) is 1.83. The summed E-state index contributed by atoms with van der Waals surface area (Å²) in [7, 11) is 0. The van der Waals surface area contributed by atoms with Crippen molar-refractivity contribution in [1.82, 2.24) is 10.1 Å². The van der Waals surface area contributed by atoms with E-state index < -0.39 is 0 Å². The number of benzene rings is 2. The van der Waals surface area contributed by atoms with Crippen LogP contribution in [0.15, 0.2) is 47.6 Å². The van der Waals surface area contributed by atoms with E-state index in [2.05, 4.69) is 15.2 Å². The topological polar surface area (TPSA) is 62.7 Å². The average molecular weight is 398 g/mol. The van der Waals surface area contributed by atoms with Gasteiger partial charge in [0.05, 0.1) is 6.21 Å². The molecule has 0 heterocycles. The van der Waals surface area contributed by atoms with Gasteiger partial charge in [-0.15, -0.1) is 0 Å². The van der Waals surface area contributed by atoms with E-state index in [1.807, 2.05) is 37.3 Å². The number of amides is 2. The highest BCUT2D eigenvalue weighted by atomic mass is 35.5. The molecule has 0 aliphatic carbocycles. The number of ether oxygens (including phenoxy) is 1. The molecule has 0 aliphatic rings. The Bertz CT molecular complexity index is 756. The molecule has 2 aromatic carbocycles. The van der Waals surface area contributed by atoms with Crippen LogP contribution in [0.1, 0.15) is 18.1 Å². The molecule has 0 unspecified atom stereocenters. The standard InChI is InChI=1S/C17H17Cl2N3O2S/c1-2-25-22-17(23)21-20-10-12-5-3-4-6-16(12)24-11-13-7-8-14(18)9-15(13)19/h3-10H,2,11H2,1H3,(H2,21,22,23)/b20-10+. The zero-order valence-electron chi connectivity index (χ0n) is 13.5. The minimum atomic E-state index is -0.380.